The van der Waals surface area contributed by atoms with Crippen LogP contribution in [-0.2, 0) is 0 Å². The Morgan fingerprint density at radius 2 is 1.86 bits per heavy atom. The second-order valence-corrected chi connectivity index (χ2v) is 5.52. The normalized spacial score (nSPS) is 15.0. The summed E-state index contributed by atoms with van der Waals surface area (Å²) in [4.78, 5) is 20.2. The number of nitrogens with zero attached hydrogens (tertiary/aromatic N) is 3. The van der Waals surface area contributed by atoms with Gasteiger partial charge >= 0.3 is 0 Å². The van der Waals surface area contributed by atoms with E-state index in [0.29, 0.717) is 36.9 Å². The lowest BCUT2D eigenvalue weighted by Crippen LogP contribution is -2.48. The highest BCUT2D eigenvalue weighted by Gasteiger charge is 2.23. The SMILES string of the molecule is O=C(c1ccnc(Cl)c1)N1CCN(c2ccccc2O)CC1. The van der Waals surface area contributed by atoms with E-state index in [4.69, 9.17) is 11.6 Å². The minimum Gasteiger partial charge on any atom is -0.506 e. The fourth-order valence-corrected chi connectivity index (χ4v) is 2.77. The molecule has 1 aromatic heterocycles. The molecule has 0 aliphatic carbocycles. The fraction of sp³-hybridized carbons (Fsp3) is 0.250. The lowest BCUT2D eigenvalue weighted by Gasteiger charge is -2.36. The van der Waals surface area contributed by atoms with Crippen LogP contribution >= 0.6 is 11.6 Å². The number of pyridine rings is 1. The number of carbonyl (C=O) groups excluding carboxylic acids is 1. The Labute approximate surface area is 133 Å². The summed E-state index contributed by atoms with van der Waals surface area (Å²) in [6.45, 7) is 2.57. The number of phenols is 1. The van der Waals surface area contributed by atoms with Gasteiger partial charge in [-0.25, -0.2) is 4.98 Å². The van der Waals surface area contributed by atoms with Gasteiger partial charge < -0.3 is 14.9 Å². The van der Waals surface area contributed by atoms with Crippen molar-refractivity contribution in [3.8, 4) is 5.75 Å². The maximum Gasteiger partial charge on any atom is 0.254 e. The predicted molar refractivity (Wildman–Crippen MR) is 85.5 cm³/mol. The van der Waals surface area contributed by atoms with Gasteiger partial charge in [0, 0.05) is 37.9 Å². The van der Waals surface area contributed by atoms with Crippen molar-refractivity contribution in [2.24, 2.45) is 0 Å². The van der Waals surface area contributed by atoms with Crippen molar-refractivity contribution in [2.75, 3.05) is 31.1 Å². The summed E-state index contributed by atoms with van der Waals surface area (Å²) in [5, 5.41) is 10.2. The first-order chi connectivity index (χ1) is 10.6. The Morgan fingerprint density at radius 1 is 1.14 bits per heavy atom. The molecule has 1 aliphatic heterocycles. The van der Waals surface area contributed by atoms with Crippen LogP contribution in [0.3, 0.4) is 0 Å². The predicted octanol–water partition coefficient (Wildman–Crippen LogP) is 2.40. The van der Waals surface area contributed by atoms with Crippen LogP contribution in [0.4, 0.5) is 5.69 Å². The molecule has 0 unspecified atom stereocenters. The number of piperazine rings is 1. The summed E-state index contributed by atoms with van der Waals surface area (Å²) in [5.74, 6) is 0.226. The minimum absolute atomic E-state index is 0.0405. The molecule has 1 aliphatic rings. The molecule has 0 radical (unpaired) electrons. The zero-order chi connectivity index (χ0) is 15.5. The van der Waals surface area contributed by atoms with Crippen LogP contribution in [0.25, 0.3) is 0 Å². The highest BCUT2D eigenvalue weighted by atomic mass is 35.5. The molecule has 3 rings (SSSR count). The molecule has 1 N–H and O–H groups in total. The van der Waals surface area contributed by atoms with Crippen LogP contribution in [0.1, 0.15) is 10.4 Å². The van der Waals surface area contributed by atoms with Gasteiger partial charge in [-0.2, -0.15) is 0 Å². The molecule has 1 amide bonds. The molecule has 0 bridgehead atoms. The smallest absolute Gasteiger partial charge is 0.254 e. The van der Waals surface area contributed by atoms with E-state index in [1.54, 1.807) is 29.2 Å². The van der Waals surface area contributed by atoms with Gasteiger partial charge in [0.2, 0.25) is 0 Å². The third kappa shape index (κ3) is 2.99. The van der Waals surface area contributed by atoms with Gasteiger partial charge in [0.25, 0.3) is 5.91 Å². The van der Waals surface area contributed by atoms with Gasteiger partial charge in [-0.05, 0) is 24.3 Å². The van der Waals surface area contributed by atoms with Crippen molar-refractivity contribution in [3.63, 3.8) is 0 Å². The highest BCUT2D eigenvalue weighted by molar-refractivity contribution is 6.29. The summed E-state index contributed by atoms with van der Waals surface area (Å²) < 4.78 is 0. The van der Waals surface area contributed by atoms with Crippen molar-refractivity contribution in [2.45, 2.75) is 0 Å². The second-order valence-electron chi connectivity index (χ2n) is 5.14. The average molecular weight is 318 g/mol. The minimum atomic E-state index is -0.0405. The number of hydrogen-bond acceptors (Lipinski definition) is 4. The van der Waals surface area contributed by atoms with Crippen molar-refractivity contribution < 1.29 is 9.90 Å². The maximum absolute atomic E-state index is 12.4. The number of aromatic hydroxyl groups is 1. The quantitative estimate of drug-likeness (QED) is 0.864. The monoisotopic (exact) mass is 317 g/mol. The van der Waals surface area contributed by atoms with E-state index < -0.39 is 0 Å². The fourth-order valence-electron chi connectivity index (χ4n) is 2.60. The van der Waals surface area contributed by atoms with E-state index in [9.17, 15) is 9.90 Å². The molecule has 1 fully saturated rings. The van der Waals surface area contributed by atoms with E-state index in [1.807, 2.05) is 12.1 Å². The first-order valence-corrected chi connectivity index (χ1v) is 7.47. The Hall–Kier alpha value is -2.27. The van der Waals surface area contributed by atoms with Crippen LogP contribution in [0.2, 0.25) is 5.15 Å². The summed E-state index contributed by atoms with van der Waals surface area (Å²) in [6.07, 6.45) is 1.54. The number of aromatic nitrogens is 1. The lowest BCUT2D eigenvalue weighted by molar-refractivity contribution is 0.0746. The first-order valence-electron chi connectivity index (χ1n) is 7.09. The third-order valence-electron chi connectivity index (χ3n) is 3.76. The van der Waals surface area contributed by atoms with Gasteiger partial charge in [-0.1, -0.05) is 23.7 Å². The molecule has 2 aromatic rings. The lowest BCUT2D eigenvalue weighted by atomic mass is 10.2. The van der Waals surface area contributed by atoms with Gasteiger partial charge in [-0.3, -0.25) is 4.79 Å². The summed E-state index contributed by atoms with van der Waals surface area (Å²) in [7, 11) is 0. The molecule has 22 heavy (non-hydrogen) atoms. The number of amides is 1. The van der Waals surface area contributed by atoms with Crippen LogP contribution in [0.15, 0.2) is 42.6 Å². The van der Waals surface area contributed by atoms with Crippen molar-refractivity contribution >= 4 is 23.2 Å². The van der Waals surface area contributed by atoms with E-state index >= 15 is 0 Å². The van der Waals surface area contributed by atoms with E-state index in [1.165, 1.54) is 6.20 Å². The summed E-state index contributed by atoms with van der Waals surface area (Å²) in [6, 6.07) is 10.5. The number of carbonyl (C=O) groups is 1. The zero-order valence-corrected chi connectivity index (χ0v) is 12.7. The second kappa shape index (κ2) is 6.23. The van der Waals surface area contributed by atoms with Crippen molar-refractivity contribution in [1.29, 1.82) is 0 Å². The molecular formula is C16H16ClN3O2. The molecule has 1 aromatic carbocycles. The Morgan fingerprint density at radius 3 is 2.55 bits per heavy atom. The van der Waals surface area contributed by atoms with Gasteiger partial charge in [-0.15, -0.1) is 0 Å². The van der Waals surface area contributed by atoms with E-state index in [-0.39, 0.29) is 11.7 Å². The van der Waals surface area contributed by atoms with E-state index in [0.717, 1.165) is 5.69 Å². The van der Waals surface area contributed by atoms with Crippen LogP contribution in [-0.4, -0.2) is 47.1 Å². The van der Waals surface area contributed by atoms with Crippen molar-refractivity contribution in [3.05, 3.63) is 53.3 Å². The number of hydrogen-bond donors (Lipinski definition) is 1. The Kier molecular flexibility index (Phi) is 4.15. The zero-order valence-electron chi connectivity index (χ0n) is 11.9. The van der Waals surface area contributed by atoms with Crippen molar-refractivity contribution in [1.82, 2.24) is 9.88 Å². The van der Waals surface area contributed by atoms with Crippen LogP contribution < -0.4 is 4.90 Å². The molecule has 114 valence electrons. The summed E-state index contributed by atoms with van der Waals surface area (Å²) >= 11 is 5.83. The Bertz CT molecular complexity index is 685. The number of rotatable bonds is 2. The van der Waals surface area contributed by atoms with Gasteiger partial charge in [0.1, 0.15) is 10.9 Å². The molecular weight excluding hydrogens is 302 g/mol. The largest absolute Gasteiger partial charge is 0.506 e. The third-order valence-corrected chi connectivity index (χ3v) is 3.97. The maximum atomic E-state index is 12.4. The number of benzene rings is 1. The van der Waals surface area contributed by atoms with Gasteiger partial charge in [0.05, 0.1) is 5.69 Å². The molecule has 5 nitrogen and oxygen atoms in total. The highest BCUT2D eigenvalue weighted by Crippen LogP contribution is 2.27. The van der Waals surface area contributed by atoms with Crippen LogP contribution in [0.5, 0.6) is 5.75 Å². The first kappa shape index (κ1) is 14.7. The topological polar surface area (TPSA) is 56.7 Å². The van der Waals surface area contributed by atoms with E-state index in [2.05, 4.69) is 9.88 Å². The number of halogens is 1. The number of anilines is 1. The summed E-state index contributed by atoms with van der Waals surface area (Å²) in [5.41, 5.74) is 1.36. The Balaban J connectivity index is 1.67. The average Bonchev–Trinajstić information content (AvgIpc) is 2.55. The molecule has 0 saturated carbocycles. The molecule has 2 heterocycles. The standard InChI is InChI=1S/C16H16ClN3O2/c17-15-11-12(5-6-18-15)16(22)20-9-7-19(8-10-20)13-3-1-2-4-14(13)21/h1-6,11,21H,7-10H2. The number of phenolic OH excluding ortho intramolecular Hbond substituents is 1. The molecule has 1 saturated heterocycles. The molecule has 0 atom stereocenters. The van der Waals surface area contributed by atoms with Crippen LogP contribution in [0, 0.1) is 0 Å². The molecule has 6 heteroatoms. The number of para-hydroxylation sites is 2. The van der Waals surface area contributed by atoms with Gasteiger partial charge in [0.15, 0.2) is 0 Å². The molecule has 0 spiro atoms.